The molecule has 0 aliphatic carbocycles. The van der Waals surface area contributed by atoms with Crippen LogP contribution in [0.4, 0.5) is 28.4 Å². The number of hydrogen-bond acceptors (Lipinski definition) is 23. The maximum Gasteiger partial charge on any atom is 0.433 e. The van der Waals surface area contributed by atoms with Crippen LogP contribution in [0.5, 0.6) is 17.2 Å². The molecule has 30 heteroatoms. The molecular formula is C29H29N7O18S5. The zero-order chi connectivity index (χ0) is 42.8. The highest BCUT2D eigenvalue weighted by atomic mass is 32.3. The minimum absolute atomic E-state index is 0. The molecule has 0 bridgehead atoms. The third-order valence-electron chi connectivity index (χ3n) is 7.10. The molecule has 0 unspecified atom stereocenters. The van der Waals surface area contributed by atoms with Crippen LogP contribution in [0.2, 0.25) is 0 Å². The number of phenols is 1. The van der Waals surface area contributed by atoms with Gasteiger partial charge in [0.25, 0.3) is 10.1 Å². The van der Waals surface area contributed by atoms with E-state index in [4.69, 9.17) is 25.0 Å². The van der Waals surface area contributed by atoms with Gasteiger partial charge < -0.3 is 25.8 Å². The predicted octanol–water partition coefficient (Wildman–Crippen LogP) is 4.97. The third-order valence-corrected chi connectivity index (χ3v) is 11.2. The summed E-state index contributed by atoms with van der Waals surface area (Å²) >= 11 is 1.23. The Morgan fingerprint density at radius 3 is 2.14 bits per heavy atom. The lowest BCUT2D eigenvalue weighted by Gasteiger charge is -2.15. The van der Waals surface area contributed by atoms with Crippen molar-refractivity contribution in [2.75, 3.05) is 39.3 Å². The first kappa shape index (κ1) is 47.9. The van der Waals surface area contributed by atoms with Crippen LogP contribution in [0, 0.1) is 16.3 Å². The van der Waals surface area contributed by atoms with Crippen LogP contribution in [-0.2, 0) is 48.9 Å². The number of aromatic hydroxyl groups is 1. The number of rotatable bonds is 18. The van der Waals surface area contributed by atoms with E-state index in [-0.39, 0.29) is 66.8 Å². The molecular weight excluding hydrogens is 895 g/mol. The Morgan fingerprint density at radius 2 is 1.54 bits per heavy atom. The van der Waals surface area contributed by atoms with E-state index in [0.717, 1.165) is 42.1 Å². The number of phenolic OH excluding ortho intramolecular Hbond substituents is 1. The zero-order valence-electron chi connectivity index (χ0n) is 29.9. The number of fused-ring (bicyclic) bond motifs is 1. The molecule has 8 N–H and O–H groups in total. The number of sulfone groups is 1. The van der Waals surface area contributed by atoms with Crippen molar-refractivity contribution in [3.8, 4) is 28.6 Å². The second kappa shape index (κ2) is 20.5. The van der Waals surface area contributed by atoms with Crippen molar-refractivity contribution in [2.45, 2.75) is 19.6 Å². The maximum absolute atomic E-state index is 13.1. The van der Waals surface area contributed by atoms with Gasteiger partial charge in [0, 0.05) is 29.3 Å². The Morgan fingerprint density at radius 1 is 0.881 bits per heavy atom. The summed E-state index contributed by atoms with van der Waals surface area (Å²) < 4.78 is 110. The second-order valence-corrected chi connectivity index (χ2v) is 16.8. The number of nitrogen functional groups attached to an aromatic ring is 1. The van der Waals surface area contributed by atoms with Gasteiger partial charge in [-0.05, 0) is 57.9 Å². The first-order valence-electron chi connectivity index (χ1n) is 15.0. The molecule has 0 amide bonds. The number of nitroso groups, excluding NO2 is 1. The van der Waals surface area contributed by atoms with Crippen LogP contribution in [0.15, 0.2) is 93.9 Å². The van der Waals surface area contributed by atoms with Crippen molar-refractivity contribution >= 4 is 93.4 Å². The SMILES string of the molecule is COc1cc(S(=O)(=O)CCN(C)N=O)c(OC)cc1N=Nc1c(S(=O)(=O)O)cc2cc(SOOO)c(N=Nc3ccc(SC#COOS(=O)(=O)O)cc3)c(N)c2c1O.O. The van der Waals surface area contributed by atoms with Gasteiger partial charge in [-0.2, -0.15) is 21.9 Å². The highest BCUT2D eigenvalue weighted by Gasteiger charge is 2.27. The van der Waals surface area contributed by atoms with Crippen molar-refractivity contribution in [3.63, 3.8) is 0 Å². The average molecular weight is 924 g/mol. The van der Waals surface area contributed by atoms with Crippen molar-refractivity contribution in [1.82, 2.24) is 5.01 Å². The van der Waals surface area contributed by atoms with E-state index in [2.05, 4.69) is 49.6 Å². The van der Waals surface area contributed by atoms with Gasteiger partial charge >= 0.3 is 10.4 Å². The fourth-order valence-corrected chi connectivity index (χ4v) is 7.76. The highest BCUT2D eigenvalue weighted by Crippen LogP contribution is 2.50. The molecule has 0 radical (unpaired) electrons. The number of anilines is 1. The van der Waals surface area contributed by atoms with Crippen LogP contribution < -0.4 is 15.2 Å². The second-order valence-electron chi connectivity index (χ2n) is 10.7. The van der Waals surface area contributed by atoms with Gasteiger partial charge in [0.1, 0.15) is 38.4 Å². The molecule has 0 aromatic heterocycles. The van der Waals surface area contributed by atoms with Crippen LogP contribution in [-0.4, -0.2) is 88.8 Å². The Labute approximate surface area is 342 Å². The van der Waals surface area contributed by atoms with Crippen LogP contribution in [0.3, 0.4) is 0 Å². The van der Waals surface area contributed by atoms with Gasteiger partial charge in [0.05, 0.1) is 65.5 Å². The number of nitrogens with zero attached hydrogens (tertiary/aromatic N) is 6. The first-order chi connectivity index (χ1) is 27.3. The standard InChI is InChI=1S/C29H27N7O17S5.H2O/c1-36(35-38)8-11-56(40,41)23-15-20(48-2)19(14-21(23)49-3)32-34-28-24(57(42,43)44)13-16-12-22(55-52-51-39)27(26(30)25(16)29(28)37)33-31-17-4-6-18(7-5-17)54-10-9-50-53-58(45,46)47;/h4-7,12-15,37,39H,8,11,30H2,1-3H3,(H,42,43,44)(H,45,46,47);1H2. The van der Waals surface area contributed by atoms with Crippen molar-refractivity contribution < 1.29 is 78.3 Å². The summed E-state index contributed by atoms with van der Waals surface area (Å²) in [6.45, 7) is -0.254. The molecule has 0 saturated heterocycles. The van der Waals surface area contributed by atoms with Crippen LogP contribution in [0.1, 0.15) is 0 Å². The van der Waals surface area contributed by atoms with E-state index in [9.17, 15) is 39.8 Å². The van der Waals surface area contributed by atoms with E-state index >= 15 is 0 Å². The van der Waals surface area contributed by atoms with Gasteiger partial charge in [0.15, 0.2) is 21.7 Å². The normalized spacial score (nSPS) is 11.9. The Kier molecular flexibility index (Phi) is 16.7. The molecule has 4 aromatic carbocycles. The molecule has 0 aliphatic heterocycles. The zero-order valence-corrected chi connectivity index (χ0v) is 34.0. The van der Waals surface area contributed by atoms with E-state index in [1.165, 1.54) is 44.5 Å². The number of thioether (sulfide) groups is 1. The van der Waals surface area contributed by atoms with Gasteiger partial charge in [-0.25, -0.2) is 13.7 Å². The maximum atomic E-state index is 13.1. The quantitative estimate of drug-likeness (QED) is 0.0101. The minimum Gasteiger partial charge on any atom is -0.505 e. The molecule has 318 valence electrons. The van der Waals surface area contributed by atoms with Crippen molar-refractivity contribution in [2.24, 2.45) is 25.7 Å². The molecule has 0 aliphatic rings. The number of nitrogens with two attached hydrogens (primary N) is 1. The van der Waals surface area contributed by atoms with Crippen LogP contribution >= 0.6 is 23.8 Å². The Hall–Kier alpha value is -5.43. The monoisotopic (exact) mass is 923 g/mol. The third kappa shape index (κ3) is 12.5. The fraction of sp³-hybridized carbons (Fsp3) is 0.172. The summed E-state index contributed by atoms with van der Waals surface area (Å²) in [6.07, 6.45) is 1.89. The summed E-state index contributed by atoms with van der Waals surface area (Å²) in [5.41, 5.74) is 5.06. The molecule has 0 heterocycles. The van der Waals surface area contributed by atoms with Gasteiger partial charge in [-0.1, -0.05) is 5.04 Å². The molecule has 4 aromatic rings. The number of methoxy groups -OCH3 is 2. The van der Waals surface area contributed by atoms with E-state index in [1.54, 1.807) is 0 Å². The first-order valence-corrected chi connectivity index (χ1v) is 21.1. The summed E-state index contributed by atoms with van der Waals surface area (Å²) in [6, 6.07) is 10.2. The molecule has 0 fully saturated rings. The smallest absolute Gasteiger partial charge is 0.433 e. The lowest BCUT2D eigenvalue weighted by molar-refractivity contribution is -0.432. The lowest BCUT2D eigenvalue weighted by atomic mass is 10.1. The fourth-order valence-electron chi connectivity index (χ4n) is 4.55. The van der Waals surface area contributed by atoms with Gasteiger partial charge in [-0.3, -0.25) is 19.0 Å². The molecule has 4 rings (SSSR count). The van der Waals surface area contributed by atoms with E-state index in [1.807, 2.05) is 6.11 Å². The van der Waals surface area contributed by atoms with E-state index in [0.29, 0.717) is 16.9 Å². The largest absolute Gasteiger partial charge is 0.505 e. The molecule has 0 spiro atoms. The minimum atomic E-state index is -5.17. The van der Waals surface area contributed by atoms with Crippen LogP contribution in [0.25, 0.3) is 10.8 Å². The van der Waals surface area contributed by atoms with Gasteiger partial charge in [-0.15, -0.1) is 24.6 Å². The van der Waals surface area contributed by atoms with Crippen molar-refractivity contribution in [1.29, 1.82) is 0 Å². The molecule has 0 atom stereocenters. The highest BCUT2D eigenvalue weighted by molar-refractivity contribution is 8.04. The predicted molar refractivity (Wildman–Crippen MR) is 206 cm³/mol. The number of ether oxygens (including phenoxy) is 2. The Bertz CT molecular complexity index is 2660. The topological polar surface area (TPSA) is 378 Å². The average Bonchev–Trinajstić information content (AvgIpc) is 3.17. The van der Waals surface area contributed by atoms with E-state index < -0.39 is 52.4 Å². The van der Waals surface area contributed by atoms with Crippen molar-refractivity contribution in [3.05, 3.63) is 53.4 Å². The molecule has 0 saturated carbocycles. The number of azo groups is 2. The number of hydrogen-bond donors (Lipinski definition) is 5. The Balaban J connectivity index is 0.00000930. The summed E-state index contributed by atoms with van der Waals surface area (Å²) in [4.78, 5) is 13.9. The molecule has 25 nitrogen and oxygen atoms in total. The van der Waals surface area contributed by atoms with Gasteiger partial charge in [0.2, 0.25) is 0 Å². The summed E-state index contributed by atoms with van der Waals surface area (Å²) in [7, 11) is -10.5. The number of benzene rings is 4. The lowest BCUT2D eigenvalue weighted by Crippen LogP contribution is -2.21. The summed E-state index contributed by atoms with van der Waals surface area (Å²) in [5.74, 6) is -1.91. The molecule has 59 heavy (non-hydrogen) atoms. The summed E-state index contributed by atoms with van der Waals surface area (Å²) in [5, 5.41) is 45.5.